The summed E-state index contributed by atoms with van der Waals surface area (Å²) in [7, 11) is 0. The van der Waals surface area contributed by atoms with E-state index in [1.807, 2.05) is 19.9 Å². The van der Waals surface area contributed by atoms with Gasteiger partial charge in [0.25, 0.3) is 5.91 Å². The Morgan fingerprint density at radius 3 is 2.83 bits per heavy atom. The molecule has 0 bridgehead atoms. The third-order valence-corrected chi connectivity index (χ3v) is 5.16. The van der Waals surface area contributed by atoms with E-state index in [0.29, 0.717) is 11.3 Å². The van der Waals surface area contributed by atoms with Crippen molar-refractivity contribution in [1.29, 1.82) is 0 Å². The molecule has 1 heterocycles. The maximum Gasteiger partial charge on any atom is 0.336 e. The SMILES string of the molecule is C/C(=N/NC(=O)COc1ccc2c(C)cc(=O)oc2c1)c1ccc2c(c1)CCC2. The maximum atomic E-state index is 12.1. The molecule has 1 aliphatic rings. The van der Waals surface area contributed by atoms with Crippen LogP contribution in [-0.4, -0.2) is 18.2 Å². The van der Waals surface area contributed by atoms with Gasteiger partial charge in [0, 0.05) is 17.5 Å². The Hall–Kier alpha value is -3.41. The average Bonchev–Trinajstić information content (AvgIpc) is 3.17. The van der Waals surface area contributed by atoms with Gasteiger partial charge in [-0.1, -0.05) is 12.1 Å². The lowest BCUT2D eigenvalue weighted by Gasteiger charge is -2.08. The first-order valence-corrected chi connectivity index (χ1v) is 9.62. The number of carbonyl (C=O) groups is 1. The molecule has 6 heteroatoms. The molecule has 0 saturated carbocycles. The van der Waals surface area contributed by atoms with Gasteiger partial charge in [0.2, 0.25) is 0 Å². The largest absolute Gasteiger partial charge is 0.484 e. The van der Waals surface area contributed by atoms with Gasteiger partial charge in [0.1, 0.15) is 11.3 Å². The Kier molecular flexibility index (Phi) is 5.16. The van der Waals surface area contributed by atoms with Gasteiger partial charge in [-0.15, -0.1) is 0 Å². The van der Waals surface area contributed by atoms with Crippen molar-refractivity contribution in [1.82, 2.24) is 5.43 Å². The van der Waals surface area contributed by atoms with Crippen molar-refractivity contribution in [3.63, 3.8) is 0 Å². The molecule has 0 atom stereocenters. The number of ether oxygens (including phenoxy) is 1. The summed E-state index contributed by atoms with van der Waals surface area (Å²) in [6.07, 6.45) is 3.43. The predicted octanol–water partition coefficient (Wildman–Crippen LogP) is 3.51. The summed E-state index contributed by atoms with van der Waals surface area (Å²) in [5, 5.41) is 5.01. The fourth-order valence-electron chi connectivity index (χ4n) is 3.58. The number of nitrogens with zero attached hydrogens (tertiary/aromatic N) is 1. The van der Waals surface area contributed by atoms with Gasteiger partial charge >= 0.3 is 5.63 Å². The van der Waals surface area contributed by atoms with Crippen LogP contribution in [-0.2, 0) is 17.6 Å². The number of hydrogen-bond donors (Lipinski definition) is 1. The minimum atomic E-state index is -0.415. The molecule has 3 aromatic rings. The summed E-state index contributed by atoms with van der Waals surface area (Å²) in [5.74, 6) is 0.0806. The van der Waals surface area contributed by atoms with Crippen LogP contribution in [0, 0.1) is 6.92 Å². The van der Waals surface area contributed by atoms with Crippen LogP contribution in [0.25, 0.3) is 11.0 Å². The number of aryl methyl sites for hydroxylation is 3. The summed E-state index contributed by atoms with van der Waals surface area (Å²) in [4.78, 5) is 23.6. The summed E-state index contributed by atoms with van der Waals surface area (Å²) in [6, 6.07) is 12.9. The van der Waals surface area contributed by atoms with E-state index in [1.54, 1.807) is 18.2 Å². The number of amides is 1. The van der Waals surface area contributed by atoms with E-state index in [9.17, 15) is 9.59 Å². The Balaban J connectivity index is 1.38. The van der Waals surface area contributed by atoms with Crippen LogP contribution in [0.3, 0.4) is 0 Å². The number of rotatable bonds is 5. The molecule has 1 amide bonds. The second kappa shape index (κ2) is 7.91. The van der Waals surface area contributed by atoms with Crippen molar-refractivity contribution in [2.24, 2.45) is 5.10 Å². The molecule has 1 aromatic heterocycles. The predicted molar refractivity (Wildman–Crippen MR) is 112 cm³/mol. The highest BCUT2D eigenvalue weighted by molar-refractivity contribution is 5.99. The van der Waals surface area contributed by atoms with E-state index in [0.717, 1.165) is 35.1 Å². The zero-order valence-electron chi connectivity index (χ0n) is 16.5. The molecule has 6 nitrogen and oxygen atoms in total. The summed E-state index contributed by atoms with van der Waals surface area (Å²) in [5.41, 5.74) is 7.89. The normalized spacial score (nSPS) is 13.4. The van der Waals surface area contributed by atoms with Crippen LogP contribution in [0.4, 0.5) is 0 Å². The standard InChI is InChI=1S/C23H22N2O4/c1-14-10-23(27)29-21-12-19(8-9-20(14)21)28-13-22(26)25-24-15(2)17-7-6-16-4-3-5-18(16)11-17/h6-12H,3-5,13H2,1-2H3,(H,25,26)/b24-15-. The number of carbonyl (C=O) groups excluding carboxylic acids is 1. The van der Waals surface area contributed by atoms with Crippen LogP contribution in [0.2, 0.25) is 0 Å². The molecule has 0 fully saturated rings. The molecule has 0 unspecified atom stereocenters. The Bertz CT molecular complexity index is 1180. The molecule has 148 valence electrons. The third kappa shape index (κ3) is 4.21. The van der Waals surface area contributed by atoms with E-state index in [-0.39, 0.29) is 12.5 Å². The Morgan fingerprint density at radius 2 is 1.97 bits per heavy atom. The highest BCUT2D eigenvalue weighted by atomic mass is 16.5. The lowest BCUT2D eigenvalue weighted by molar-refractivity contribution is -0.123. The number of hydrogen-bond acceptors (Lipinski definition) is 5. The van der Waals surface area contributed by atoms with Gasteiger partial charge in [-0.25, -0.2) is 10.2 Å². The van der Waals surface area contributed by atoms with Crippen molar-refractivity contribution in [2.75, 3.05) is 6.61 Å². The molecule has 29 heavy (non-hydrogen) atoms. The minimum Gasteiger partial charge on any atom is -0.484 e. The highest BCUT2D eigenvalue weighted by Crippen LogP contribution is 2.23. The van der Waals surface area contributed by atoms with Crippen LogP contribution >= 0.6 is 0 Å². The molecule has 0 saturated heterocycles. The van der Waals surface area contributed by atoms with Crippen molar-refractivity contribution in [3.05, 3.63) is 75.1 Å². The number of benzene rings is 2. The average molecular weight is 390 g/mol. The zero-order chi connectivity index (χ0) is 20.4. The zero-order valence-corrected chi connectivity index (χ0v) is 16.5. The Morgan fingerprint density at radius 1 is 1.14 bits per heavy atom. The molecule has 2 aromatic carbocycles. The van der Waals surface area contributed by atoms with E-state index < -0.39 is 5.63 Å². The monoisotopic (exact) mass is 390 g/mol. The first-order valence-electron chi connectivity index (χ1n) is 9.62. The molecular weight excluding hydrogens is 368 g/mol. The van der Waals surface area contributed by atoms with Gasteiger partial charge in [-0.3, -0.25) is 4.79 Å². The Labute approximate surface area is 168 Å². The molecule has 0 spiro atoms. The van der Waals surface area contributed by atoms with E-state index in [1.165, 1.54) is 23.6 Å². The number of nitrogens with one attached hydrogen (secondary N) is 1. The van der Waals surface area contributed by atoms with Gasteiger partial charge < -0.3 is 9.15 Å². The lowest BCUT2D eigenvalue weighted by Crippen LogP contribution is -2.25. The quantitative estimate of drug-likeness (QED) is 0.411. The summed E-state index contributed by atoms with van der Waals surface area (Å²) in [6.45, 7) is 3.52. The molecule has 1 N–H and O–H groups in total. The van der Waals surface area contributed by atoms with Crippen molar-refractivity contribution >= 4 is 22.6 Å². The third-order valence-electron chi connectivity index (χ3n) is 5.16. The van der Waals surface area contributed by atoms with Crippen molar-refractivity contribution in [3.8, 4) is 5.75 Å². The second-order valence-electron chi connectivity index (χ2n) is 7.26. The smallest absolute Gasteiger partial charge is 0.336 e. The van der Waals surface area contributed by atoms with Crippen molar-refractivity contribution < 1.29 is 13.9 Å². The fourth-order valence-corrected chi connectivity index (χ4v) is 3.58. The summed E-state index contributed by atoms with van der Waals surface area (Å²) < 4.78 is 10.7. The van der Waals surface area contributed by atoms with Gasteiger partial charge in [0.05, 0.1) is 5.71 Å². The van der Waals surface area contributed by atoms with E-state index in [4.69, 9.17) is 9.15 Å². The van der Waals surface area contributed by atoms with Gasteiger partial charge in [-0.2, -0.15) is 5.10 Å². The minimum absolute atomic E-state index is 0.192. The maximum absolute atomic E-state index is 12.1. The first kappa shape index (κ1) is 18.9. The number of fused-ring (bicyclic) bond motifs is 2. The van der Waals surface area contributed by atoms with Crippen LogP contribution < -0.4 is 15.8 Å². The van der Waals surface area contributed by atoms with Crippen LogP contribution in [0.1, 0.15) is 35.6 Å². The topological polar surface area (TPSA) is 80.9 Å². The molecule has 0 aliphatic heterocycles. The molecule has 1 aliphatic carbocycles. The molecular formula is C23H22N2O4. The van der Waals surface area contributed by atoms with E-state index >= 15 is 0 Å². The van der Waals surface area contributed by atoms with Crippen LogP contribution in [0.5, 0.6) is 5.75 Å². The fraction of sp³-hybridized carbons (Fsp3) is 0.261. The van der Waals surface area contributed by atoms with Crippen molar-refractivity contribution in [2.45, 2.75) is 33.1 Å². The van der Waals surface area contributed by atoms with E-state index in [2.05, 4.69) is 22.7 Å². The van der Waals surface area contributed by atoms with Gasteiger partial charge in [-0.05, 0) is 73.6 Å². The van der Waals surface area contributed by atoms with Gasteiger partial charge in [0.15, 0.2) is 6.61 Å². The highest BCUT2D eigenvalue weighted by Gasteiger charge is 2.12. The molecule has 0 radical (unpaired) electrons. The second-order valence-corrected chi connectivity index (χ2v) is 7.26. The number of hydrazone groups is 1. The molecule has 4 rings (SSSR count). The lowest BCUT2D eigenvalue weighted by atomic mass is 10.0. The summed E-state index contributed by atoms with van der Waals surface area (Å²) >= 11 is 0. The van der Waals surface area contributed by atoms with Crippen LogP contribution in [0.15, 0.2) is 56.8 Å². The first-order chi connectivity index (χ1) is 14.0.